The summed E-state index contributed by atoms with van der Waals surface area (Å²) in [5.41, 5.74) is 5.92. The average molecular weight is 154 g/mol. The van der Waals surface area contributed by atoms with Gasteiger partial charge >= 0.3 is 0 Å². The minimum absolute atomic E-state index is 0.0506. The number of aromatic nitrogens is 1. The van der Waals surface area contributed by atoms with Gasteiger partial charge in [0, 0.05) is 0 Å². The summed E-state index contributed by atoms with van der Waals surface area (Å²) in [5.74, 6) is 0.446. The number of nitrogen functional groups attached to an aromatic ring is 1. The number of hydrogen-bond acceptors (Lipinski definition) is 3. The van der Waals surface area contributed by atoms with Crippen molar-refractivity contribution >= 4 is 5.82 Å². The van der Waals surface area contributed by atoms with E-state index in [-0.39, 0.29) is 6.61 Å². The third-order valence-corrected chi connectivity index (χ3v) is 0.990. The molecular weight excluding hydrogens is 140 g/mol. The van der Waals surface area contributed by atoms with Crippen molar-refractivity contribution in [1.29, 1.82) is 0 Å². The Hall–Kier alpha value is -1.09. The Morgan fingerprint density at radius 1 is 1.45 bits per heavy atom. The van der Waals surface area contributed by atoms with Gasteiger partial charge in [-0.3, -0.25) is 0 Å². The standard InChI is InChI=1S/C6H8N2O.C2H6/c7-6-3-1-2-5(4-9)8-6;1-2/h1-3,9H,4H2,(H2,7,8);1-2H3. The fourth-order valence-electron chi connectivity index (χ4n) is 0.586. The average Bonchev–Trinajstić information content (AvgIpc) is 2.08. The van der Waals surface area contributed by atoms with E-state index in [9.17, 15) is 0 Å². The summed E-state index contributed by atoms with van der Waals surface area (Å²) >= 11 is 0. The number of aliphatic hydroxyl groups is 1. The molecule has 0 bridgehead atoms. The van der Waals surface area contributed by atoms with Crippen molar-refractivity contribution in [3.8, 4) is 0 Å². The monoisotopic (exact) mass is 154 g/mol. The highest BCUT2D eigenvalue weighted by Gasteiger charge is 1.88. The Morgan fingerprint density at radius 3 is 2.45 bits per heavy atom. The Morgan fingerprint density at radius 2 is 2.09 bits per heavy atom. The molecule has 0 aliphatic rings. The normalized spacial score (nSPS) is 8.27. The van der Waals surface area contributed by atoms with Crippen molar-refractivity contribution in [2.45, 2.75) is 20.5 Å². The smallest absolute Gasteiger partial charge is 0.123 e. The van der Waals surface area contributed by atoms with Crippen LogP contribution < -0.4 is 5.73 Å². The highest BCUT2D eigenvalue weighted by atomic mass is 16.3. The second-order valence-electron chi connectivity index (χ2n) is 1.71. The summed E-state index contributed by atoms with van der Waals surface area (Å²) in [5, 5.41) is 8.54. The lowest BCUT2D eigenvalue weighted by atomic mass is 10.3. The minimum Gasteiger partial charge on any atom is -0.390 e. The molecule has 0 unspecified atom stereocenters. The first-order valence-electron chi connectivity index (χ1n) is 3.65. The number of nitrogens with two attached hydrogens (primary N) is 1. The molecule has 11 heavy (non-hydrogen) atoms. The van der Waals surface area contributed by atoms with Crippen LogP contribution in [0.25, 0.3) is 0 Å². The predicted octanol–water partition coefficient (Wildman–Crippen LogP) is 1.18. The zero-order valence-electron chi connectivity index (χ0n) is 6.91. The first kappa shape index (κ1) is 9.91. The Balaban J connectivity index is 0.000000461. The van der Waals surface area contributed by atoms with Gasteiger partial charge < -0.3 is 10.8 Å². The van der Waals surface area contributed by atoms with E-state index in [1.165, 1.54) is 0 Å². The van der Waals surface area contributed by atoms with E-state index < -0.39 is 0 Å². The summed E-state index contributed by atoms with van der Waals surface area (Å²) in [6.07, 6.45) is 0. The van der Waals surface area contributed by atoms with E-state index in [4.69, 9.17) is 10.8 Å². The molecule has 0 aliphatic heterocycles. The van der Waals surface area contributed by atoms with Crippen molar-refractivity contribution in [2.75, 3.05) is 5.73 Å². The molecule has 3 N–H and O–H groups in total. The van der Waals surface area contributed by atoms with E-state index in [2.05, 4.69) is 4.98 Å². The zero-order chi connectivity index (χ0) is 8.69. The van der Waals surface area contributed by atoms with Crippen LogP contribution in [0.1, 0.15) is 19.5 Å². The molecule has 0 aliphatic carbocycles. The van der Waals surface area contributed by atoms with Crippen molar-refractivity contribution in [3.63, 3.8) is 0 Å². The lowest BCUT2D eigenvalue weighted by molar-refractivity contribution is 0.277. The van der Waals surface area contributed by atoms with Gasteiger partial charge in [-0.25, -0.2) is 4.98 Å². The van der Waals surface area contributed by atoms with Crippen LogP contribution in [0, 0.1) is 0 Å². The van der Waals surface area contributed by atoms with Crippen LogP contribution >= 0.6 is 0 Å². The number of rotatable bonds is 1. The van der Waals surface area contributed by atoms with Crippen LogP contribution in [0.3, 0.4) is 0 Å². The van der Waals surface area contributed by atoms with E-state index in [0.29, 0.717) is 11.5 Å². The van der Waals surface area contributed by atoms with E-state index in [1.54, 1.807) is 18.2 Å². The van der Waals surface area contributed by atoms with Crippen LogP contribution in [0.15, 0.2) is 18.2 Å². The van der Waals surface area contributed by atoms with Gasteiger partial charge in [-0.2, -0.15) is 0 Å². The number of pyridine rings is 1. The quantitative estimate of drug-likeness (QED) is 0.638. The molecule has 0 saturated carbocycles. The molecule has 1 aromatic heterocycles. The Labute approximate surface area is 66.9 Å². The SMILES string of the molecule is CC.Nc1cccc(CO)n1. The topological polar surface area (TPSA) is 59.1 Å². The highest BCUT2D eigenvalue weighted by Crippen LogP contribution is 1.98. The van der Waals surface area contributed by atoms with Gasteiger partial charge in [0.1, 0.15) is 5.82 Å². The fourth-order valence-corrected chi connectivity index (χ4v) is 0.586. The molecule has 0 atom stereocenters. The molecule has 0 fully saturated rings. The zero-order valence-corrected chi connectivity index (χ0v) is 6.91. The molecule has 0 saturated heterocycles. The van der Waals surface area contributed by atoms with Gasteiger partial charge in [-0.15, -0.1) is 0 Å². The molecule has 1 aromatic rings. The van der Waals surface area contributed by atoms with Crippen LogP contribution in [0.2, 0.25) is 0 Å². The minimum atomic E-state index is -0.0506. The molecule has 0 aromatic carbocycles. The molecule has 62 valence electrons. The number of aliphatic hydroxyl groups excluding tert-OH is 1. The largest absolute Gasteiger partial charge is 0.390 e. The second-order valence-corrected chi connectivity index (χ2v) is 1.71. The number of hydrogen-bond donors (Lipinski definition) is 2. The van der Waals surface area contributed by atoms with Crippen molar-refractivity contribution in [2.24, 2.45) is 0 Å². The van der Waals surface area contributed by atoms with Gasteiger partial charge in [-0.05, 0) is 12.1 Å². The molecule has 3 nitrogen and oxygen atoms in total. The van der Waals surface area contributed by atoms with Crippen LogP contribution in [0.5, 0.6) is 0 Å². The van der Waals surface area contributed by atoms with Crippen LogP contribution in [-0.2, 0) is 6.61 Å². The van der Waals surface area contributed by atoms with Crippen molar-refractivity contribution in [3.05, 3.63) is 23.9 Å². The molecule has 0 radical (unpaired) electrons. The summed E-state index contributed by atoms with van der Waals surface area (Å²) < 4.78 is 0. The van der Waals surface area contributed by atoms with E-state index >= 15 is 0 Å². The maximum Gasteiger partial charge on any atom is 0.123 e. The van der Waals surface area contributed by atoms with Gasteiger partial charge in [-0.1, -0.05) is 19.9 Å². The maximum atomic E-state index is 8.54. The lowest BCUT2D eigenvalue weighted by Gasteiger charge is -1.93. The lowest BCUT2D eigenvalue weighted by Crippen LogP contribution is -1.93. The summed E-state index contributed by atoms with van der Waals surface area (Å²) in [4.78, 5) is 3.82. The molecule has 1 rings (SSSR count). The first-order chi connectivity index (χ1) is 5.33. The molecule has 0 spiro atoms. The first-order valence-corrected chi connectivity index (χ1v) is 3.65. The third-order valence-electron chi connectivity index (χ3n) is 0.990. The number of nitrogens with zero attached hydrogens (tertiary/aromatic N) is 1. The summed E-state index contributed by atoms with van der Waals surface area (Å²) in [6.45, 7) is 3.95. The summed E-state index contributed by atoms with van der Waals surface area (Å²) in [7, 11) is 0. The third kappa shape index (κ3) is 3.57. The second kappa shape index (κ2) is 5.68. The van der Waals surface area contributed by atoms with Gasteiger partial charge in [0.15, 0.2) is 0 Å². The highest BCUT2D eigenvalue weighted by molar-refractivity contribution is 5.28. The molecule has 1 heterocycles. The fraction of sp³-hybridized carbons (Fsp3) is 0.375. The molecule has 0 amide bonds. The number of anilines is 1. The van der Waals surface area contributed by atoms with Crippen molar-refractivity contribution in [1.82, 2.24) is 4.98 Å². The van der Waals surface area contributed by atoms with Gasteiger partial charge in [0.2, 0.25) is 0 Å². The van der Waals surface area contributed by atoms with E-state index in [0.717, 1.165) is 0 Å². The van der Waals surface area contributed by atoms with Gasteiger partial charge in [0.25, 0.3) is 0 Å². The van der Waals surface area contributed by atoms with Crippen LogP contribution in [-0.4, -0.2) is 10.1 Å². The van der Waals surface area contributed by atoms with Crippen LogP contribution in [0.4, 0.5) is 5.82 Å². The van der Waals surface area contributed by atoms with E-state index in [1.807, 2.05) is 13.8 Å². The summed E-state index contributed by atoms with van der Waals surface area (Å²) in [6, 6.07) is 5.16. The van der Waals surface area contributed by atoms with Gasteiger partial charge in [0.05, 0.1) is 12.3 Å². The maximum absolute atomic E-state index is 8.54. The predicted molar refractivity (Wildman–Crippen MR) is 45.9 cm³/mol. The van der Waals surface area contributed by atoms with Crippen molar-refractivity contribution < 1.29 is 5.11 Å². The molecular formula is C8H14N2O. The Bertz CT molecular complexity index is 201. The molecule has 3 heteroatoms. The Kier molecular flexibility index (Phi) is 5.11.